The van der Waals surface area contributed by atoms with Crippen LogP contribution >= 0.6 is 0 Å². The van der Waals surface area contributed by atoms with Gasteiger partial charge in [0, 0.05) is 12.6 Å². The van der Waals surface area contributed by atoms with Crippen LogP contribution in [0.1, 0.15) is 24.1 Å². The summed E-state index contributed by atoms with van der Waals surface area (Å²) in [7, 11) is 1.63. The van der Waals surface area contributed by atoms with E-state index in [0.717, 1.165) is 16.9 Å². The molecule has 2 aromatic rings. The summed E-state index contributed by atoms with van der Waals surface area (Å²) in [5.74, 6) is -0.0973. The molecule has 2 rings (SSSR count). The zero-order valence-electron chi connectivity index (χ0n) is 11.6. The number of hydrogen-bond donors (Lipinski definition) is 2. The summed E-state index contributed by atoms with van der Waals surface area (Å²) in [4.78, 5) is 0. The van der Waals surface area contributed by atoms with Crippen molar-refractivity contribution in [2.24, 2.45) is 0 Å². The molecule has 4 heteroatoms. The van der Waals surface area contributed by atoms with Crippen molar-refractivity contribution >= 4 is 0 Å². The Labute approximate surface area is 118 Å². The lowest BCUT2D eigenvalue weighted by Crippen LogP contribution is -2.18. The Morgan fingerprint density at radius 2 is 1.90 bits per heavy atom. The number of phenolic OH excluding ortho intramolecular Hbond substituents is 1. The lowest BCUT2D eigenvalue weighted by Gasteiger charge is -2.15. The van der Waals surface area contributed by atoms with Gasteiger partial charge in [0.25, 0.3) is 0 Å². The number of rotatable bonds is 5. The molecule has 0 heterocycles. The average Bonchev–Trinajstić information content (AvgIpc) is 2.48. The molecular formula is C16H18FNO2. The molecule has 0 aliphatic heterocycles. The fraction of sp³-hybridized carbons (Fsp3) is 0.250. The van der Waals surface area contributed by atoms with Crippen LogP contribution in [0, 0.1) is 5.82 Å². The van der Waals surface area contributed by atoms with Crippen molar-refractivity contribution in [2.45, 2.75) is 19.5 Å². The molecule has 0 saturated heterocycles. The Morgan fingerprint density at radius 3 is 2.50 bits per heavy atom. The Morgan fingerprint density at radius 1 is 1.20 bits per heavy atom. The van der Waals surface area contributed by atoms with E-state index in [1.54, 1.807) is 13.2 Å². The zero-order valence-corrected chi connectivity index (χ0v) is 11.6. The van der Waals surface area contributed by atoms with Gasteiger partial charge >= 0.3 is 0 Å². The number of nitrogens with one attached hydrogen (secondary N) is 1. The molecule has 0 aliphatic carbocycles. The minimum atomic E-state index is -0.596. The van der Waals surface area contributed by atoms with E-state index in [4.69, 9.17) is 9.84 Å². The van der Waals surface area contributed by atoms with E-state index >= 15 is 0 Å². The number of aromatic hydroxyl groups is 1. The lowest BCUT2D eigenvalue weighted by atomic mass is 10.1. The van der Waals surface area contributed by atoms with Crippen LogP contribution in [0.2, 0.25) is 0 Å². The van der Waals surface area contributed by atoms with Crippen molar-refractivity contribution in [3.8, 4) is 11.5 Å². The van der Waals surface area contributed by atoms with E-state index in [9.17, 15) is 4.39 Å². The molecule has 0 radical (unpaired) electrons. The number of phenols is 1. The van der Waals surface area contributed by atoms with Gasteiger partial charge in [0.2, 0.25) is 0 Å². The van der Waals surface area contributed by atoms with Gasteiger partial charge in [-0.3, -0.25) is 0 Å². The highest BCUT2D eigenvalue weighted by atomic mass is 19.1. The van der Waals surface area contributed by atoms with Crippen LogP contribution in [-0.4, -0.2) is 12.2 Å². The Kier molecular flexibility index (Phi) is 4.58. The third-order valence-electron chi connectivity index (χ3n) is 3.24. The number of hydrogen-bond acceptors (Lipinski definition) is 3. The van der Waals surface area contributed by atoms with Gasteiger partial charge in [-0.1, -0.05) is 18.2 Å². The van der Waals surface area contributed by atoms with E-state index in [2.05, 4.69) is 5.32 Å². The minimum Gasteiger partial charge on any atom is -0.505 e. The summed E-state index contributed by atoms with van der Waals surface area (Å²) in [5, 5.41) is 12.5. The number of benzene rings is 2. The van der Waals surface area contributed by atoms with Crippen molar-refractivity contribution in [1.82, 2.24) is 5.32 Å². The van der Waals surface area contributed by atoms with Crippen LogP contribution < -0.4 is 10.1 Å². The summed E-state index contributed by atoms with van der Waals surface area (Å²) >= 11 is 0. The molecule has 20 heavy (non-hydrogen) atoms. The first-order valence-corrected chi connectivity index (χ1v) is 6.45. The second kappa shape index (κ2) is 6.39. The molecular weight excluding hydrogens is 257 g/mol. The van der Waals surface area contributed by atoms with Crippen LogP contribution in [0.25, 0.3) is 0 Å². The third-order valence-corrected chi connectivity index (χ3v) is 3.24. The van der Waals surface area contributed by atoms with Crippen molar-refractivity contribution < 1.29 is 14.2 Å². The molecule has 0 bridgehead atoms. The molecule has 3 nitrogen and oxygen atoms in total. The van der Waals surface area contributed by atoms with Gasteiger partial charge in [-0.05, 0) is 42.3 Å². The maximum Gasteiger partial charge on any atom is 0.165 e. The topological polar surface area (TPSA) is 41.5 Å². The van der Waals surface area contributed by atoms with Gasteiger partial charge in [-0.2, -0.15) is 0 Å². The molecule has 0 fully saturated rings. The van der Waals surface area contributed by atoms with Gasteiger partial charge in [0.05, 0.1) is 7.11 Å². The molecule has 0 saturated carbocycles. The largest absolute Gasteiger partial charge is 0.505 e. The van der Waals surface area contributed by atoms with Gasteiger partial charge in [0.15, 0.2) is 11.6 Å². The maximum absolute atomic E-state index is 13.2. The second-order valence-corrected chi connectivity index (χ2v) is 4.66. The fourth-order valence-electron chi connectivity index (χ4n) is 1.94. The van der Waals surface area contributed by atoms with Crippen molar-refractivity contribution in [2.75, 3.05) is 7.11 Å². The molecule has 0 amide bonds. The molecule has 1 atom stereocenters. The molecule has 106 valence electrons. The van der Waals surface area contributed by atoms with E-state index in [-0.39, 0.29) is 11.8 Å². The minimum absolute atomic E-state index is 0.137. The summed E-state index contributed by atoms with van der Waals surface area (Å²) in [5.41, 5.74) is 1.92. The molecule has 2 aromatic carbocycles. The van der Waals surface area contributed by atoms with Gasteiger partial charge in [0.1, 0.15) is 5.75 Å². The maximum atomic E-state index is 13.2. The van der Waals surface area contributed by atoms with E-state index in [0.29, 0.717) is 6.54 Å². The molecule has 1 unspecified atom stereocenters. The molecule has 0 aromatic heterocycles. The van der Waals surface area contributed by atoms with Gasteiger partial charge in [-0.15, -0.1) is 0 Å². The monoisotopic (exact) mass is 275 g/mol. The van der Waals surface area contributed by atoms with E-state index in [1.165, 1.54) is 12.1 Å². The van der Waals surface area contributed by atoms with Crippen molar-refractivity contribution in [3.05, 3.63) is 59.4 Å². The van der Waals surface area contributed by atoms with Crippen molar-refractivity contribution in [3.63, 3.8) is 0 Å². The number of methoxy groups -OCH3 is 1. The van der Waals surface area contributed by atoms with Gasteiger partial charge in [-0.25, -0.2) is 4.39 Å². The quantitative estimate of drug-likeness (QED) is 0.879. The van der Waals surface area contributed by atoms with Crippen molar-refractivity contribution in [1.29, 1.82) is 0 Å². The predicted molar refractivity (Wildman–Crippen MR) is 76.3 cm³/mol. The van der Waals surface area contributed by atoms with Crippen LogP contribution in [0.4, 0.5) is 4.39 Å². The Bertz CT molecular complexity index is 569. The van der Waals surface area contributed by atoms with Crippen LogP contribution in [0.15, 0.2) is 42.5 Å². The summed E-state index contributed by atoms with van der Waals surface area (Å²) in [6.07, 6.45) is 0. The highest BCUT2D eigenvalue weighted by Crippen LogP contribution is 2.19. The first-order chi connectivity index (χ1) is 9.60. The SMILES string of the molecule is COc1ccc(C(C)NCc2ccc(O)c(F)c2)cc1. The summed E-state index contributed by atoms with van der Waals surface area (Å²) < 4.78 is 18.3. The normalized spacial score (nSPS) is 12.2. The molecule has 0 spiro atoms. The lowest BCUT2D eigenvalue weighted by molar-refractivity contribution is 0.414. The third kappa shape index (κ3) is 3.48. The Balaban J connectivity index is 1.96. The molecule has 0 aliphatic rings. The summed E-state index contributed by atoms with van der Waals surface area (Å²) in [6.45, 7) is 2.57. The standard InChI is InChI=1S/C16H18FNO2/c1-11(13-4-6-14(20-2)7-5-13)18-10-12-3-8-16(19)15(17)9-12/h3-9,11,18-19H,10H2,1-2H3. The van der Waals surface area contributed by atoms with E-state index < -0.39 is 5.82 Å². The Hall–Kier alpha value is -2.07. The zero-order chi connectivity index (χ0) is 14.5. The highest BCUT2D eigenvalue weighted by Gasteiger charge is 2.06. The highest BCUT2D eigenvalue weighted by molar-refractivity contribution is 5.30. The fourth-order valence-corrected chi connectivity index (χ4v) is 1.94. The first-order valence-electron chi connectivity index (χ1n) is 6.45. The van der Waals surface area contributed by atoms with Crippen LogP contribution in [0.5, 0.6) is 11.5 Å². The second-order valence-electron chi connectivity index (χ2n) is 4.66. The number of halogens is 1. The van der Waals surface area contributed by atoms with Crippen LogP contribution in [0.3, 0.4) is 0 Å². The number of ether oxygens (including phenoxy) is 1. The summed E-state index contributed by atoms with van der Waals surface area (Å²) in [6, 6.07) is 12.3. The predicted octanol–water partition coefficient (Wildman–Crippen LogP) is 3.39. The first kappa shape index (κ1) is 14.3. The smallest absolute Gasteiger partial charge is 0.165 e. The molecule has 2 N–H and O–H groups in total. The van der Waals surface area contributed by atoms with Crippen LogP contribution in [-0.2, 0) is 6.54 Å². The van der Waals surface area contributed by atoms with Gasteiger partial charge < -0.3 is 15.2 Å². The van der Waals surface area contributed by atoms with E-state index in [1.807, 2.05) is 31.2 Å². The average molecular weight is 275 g/mol.